The molecule has 4 rings (SSSR count). The van der Waals surface area contributed by atoms with Crippen LogP contribution in [-0.2, 0) is 17.8 Å². The van der Waals surface area contributed by atoms with Crippen LogP contribution >= 0.6 is 23.7 Å². The number of fused-ring (bicyclic) bond motifs is 1. The van der Waals surface area contributed by atoms with Gasteiger partial charge in [-0.25, -0.2) is 18.7 Å². The van der Waals surface area contributed by atoms with Crippen LogP contribution in [-0.4, -0.2) is 27.0 Å². The van der Waals surface area contributed by atoms with E-state index >= 15 is 0 Å². The van der Waals surface area contributed by atoms with E-state index in [-0.39, 0.29) is 30.3 Å². The van der Waals surface area contributed by atoms with E-state index in [0.29, 0.717) is 29.3 Å². The number of aryl methyl sites for hydroxylation is 3. The second-order valence-corrected chi connectivity index (χ2v) is 8.55. The lowest BCUT2D eigenvalue weighted by atomic mass is 10.0. The largest absolute Gasteiger partial charge is 0.337 e. The number of benzene rings is 2. The first kappa shape index (κ1) is 23.8. The highest BCUT2D eigenvalue weighted by Crippen LogP contribution is 2.32. The molecule has 2 aromatic carbocycles. The second-order valence-electron chi connectivity index (χ2n) is 7.54. The van der Waals surface area contributed by atoms with Gasteiger partial charge < -0.3 is 4.57 Å². The van der Waals surface area contributed by atoms with E-state index in [2.05, 4.69) is 9.97 Å². The van der Waals surface area contributed by atoms with E-state index in [4.69, 9.17) is 0 Å². The third kappa shape index (κ3) is 5.31. The maximum Gasteiger partial charge on any atom is 0.233 e. The highest BCUT2D eigenvalue weighted by atomic mass is 35.5. The summed E-state index contributed by atoms with van der Waals surface area (Å²) in [6.07, 6.45) is 6.16. The number of amides is 1. The molecule has 4 aromatic rings. The van der Waals surface area contributed by atoms with Gasteiger partial charge >= 0.3 is 0 Å². The van der Waals surface area contributed by atoms with Gasteiger partial charge in [-0.2, -0.15) is 0 Å². The summed E-state index contributed by atoms with van der Waals surface area (Å²) in [4.78, 5) is 23.2. The summed E-state index contributed by atoms with van der Waals surface area (Å²) in [6, 6.07) is 8.04. The molecule has 0 atom stereocenters. The van der Waals surface area contributed by atoms with Gasteiger partial charge in [0.05, 0.1) is 17.4 Å². The minimum absolute atomic E-state index is 0. The molecule has 0 spiro atoms. The molecule has 1 amide bonds. The zero-order valence-corrected chi connectivity index (χ0v) is 19.3. The molecule has 32 heavy (non-hydrogen) atoms. The Morgan fingerprint density at radius 3 is 2.72 bits per heavy atom. The first-order chi connectivity index (χ1) is 14.9. The normalized spacial score (nSPS) is 10.9. The van der Waals surface area contributed by atoms with Crippen molar-refractivity contribution in [2.45, 2.75) is 33.2 Å². The number of carbonyl (C=O) groups is 1. The van der Waals surface area contributed by atoms with Crippen molar-refractivity contribution in [1.82, 2.24) is 14.5 Å². The molecule has 0 bridgehead atoms. The van der Waals surface area contributed by atoms with E-state index in [0.717, 1.165) is 34.1 Å². The Hall–Kier alpha value is -2.84. The van der Waals surface area contributed by atoms with E-state index in [1.807, 2.05) is 42.8 Å². The van der Waals surface area contributed by atoms with Gasteiger partial charge in [-0.1, -0.05) is 35.1 Å². The Balaban J connectivity index is 0.00000289. The maximum atomic E-state index is 14.2. The molecule has 2 heterocycles. The lowest BCUT2D eigenvalue weighted by molar-refractivity contribution is -0.118. The first-order valence-corrected chi connectivity index (χ1v) is 10.8. The Kier molecular flexibility index (Phi) is 7.58. The average Bonchev–Trinajstić information content (AvgIpc) is 3.37. The van der Waals surface area contributed by atoms with Crippen LogP contribution in [0.5, 0.6) is 0 Å². The van der Waals surface area contributed by atoms with Crippen molar-refractivity contribution < 1.29 is 13.6 Å². The third-order valence-electron chi connectivity index (χ3n) is 5.13. The number of halogens is 3. The van der Waals surface area contributed by atoms with E-state index < -0.39 is 11.6 Å². The smallest absolute Gasteiger partial charge is 0.233 e. The quantitative estimate of drug-likeness (QED) is 0.355. The van der Waals surface area contributed by atoms with Gasteiger partial charge in [-0.15, -0.1) is 12.4 Å². The molecule has 168 valence electrons. The van der Waals surface area contributed by atoms with E-state index in [9.17, 15) is 13.6 Å². The standard InChI is InChI=1S/C23H22F2N4OS.ClH/c1-15-4-5-17(16(2)10-15)11-21(30)29(8-3-7-28-9-6-26-14-28)23-27-22-19(25)12-18(24)13-20(22)31-23;/h4-6,9-10,12-14H,3,7-8,11H2,1-2H3;1H. The third-order valence-corrected chi connectivity index (χ3v) is 6.16. The Labute approximate surface area is 195 Å². The van der Waals surface area contributed by atoms with Crippen LogP contribution < -0.4 is 4.90 Å². The number of thiazole rings is 1. The van der Waals surface area contributed by atoms with Crippen LogP contribution in [0.3, 0.4) is 0 Å². The monoisotopic (exact) mass is 476 g/mol. The minimum atomic E-state index is -0.724. The zero-order valence-electron chi connectivity index (χ0n) is 17.7. The highest BCUT2D eigenvalue weighted by Gasteiger charge is 2.22. The lowest BCUT2D eigenvalue weighted by Crippen LogP contribution is -2.33. The Bertz CT molecular complexity index is 1230. The van der Waals surface area contributed by atoms with Gasteiger partial charge in [0, 0.05) is 31.5 Å². The number of rotatable bonds is 7. The number of hydrogen-bond acceptors (Lipinski definition) is 4. The summed E-state index contributed by atoms with van der Waals surface area (Å²) in [5, 5.41) is 0.375. The van der Waals surface area contributed by atoms with Crippen molar-refractivity contribution in [3.8, 4) is 0 Å². The fourth-order valence-electron chi connectivity index (χ4n) is 3.52. The Morgan fingerprint density at radius 1 is 1.19 bits per heavy atom. The van der Waals surface area contributed by atoms with Crippen LogP contribution in [0.2, 0.25) is 0 Å². The molecule has 0 aliphatic heterocycles. The molecule has 0 fully saturated rings. The van der Waals surface area contributed by atoms with Gasteiger partial charge in [-0.05, 0) is 37.5 Å². The van der Waals surface area contributed by atoms with Gasteiger partial charge in [0.25, 0.3) is 0 Å². The highest BCUT2D eigenvalue weighted by molar-refractivity contribution is 7.22. The van der Waals surface area contributed by atoms with Crippen molar-refractivity contribution in [2.24, 2.45) is 0 Å². The van der Waals surface area contributed by atoms with Crippen molar-refractivity contribution in [3.05, 3.63) is 77.4 Å². The van der Waals surface area contributed by atoms with Crippen molar-refractivity contribution >= 4 is 45.0 Å². The topological polar surface area (TPSA) is 51.0 Å². The molecule has 5 nitrogen and oxygen atoms in total. The van der Waals surface area contributed by atoms with Crippen LogP contribution in [0.4, 0.5) is 13.9 Å². The lowest BCUT2D eigenvalue weighted by Gasteiger charge is -2.20. The molecule has 0 saturated heterocycles. The van der Waals surface area contributed by atoms with Crippen LogP contribution in [0.1, 0.15) is 23.1 Å². The predicted octanol–water partition coefficient (Wildman–Crippen LogP) is 5.48. The van der Waals surface area contributed by atoms with Gasteiger partial charge in [-0.3, -0.25) is 9.69 Å². The van der Waals surface area contributed by atoms with E-state index in [1.54, 1.807) is 17.4 Å². The summed E-state index contributed by atoms with van der Waals surface area (Å²) in [6.45, 7) is 5.08. The molecule has 0 N–H and O–H groups in total. The maximum absolute atomic E-state index is 14.2. The van der Waals surface area contributed by atoms with Crippen LogP contribution in [0, 0.1) is 25.5 Å². The molecule has 2 aromatic heterocycles. The summed E-state index contributed by atoms with van der Waals surface area (Å²) in [5.74, 6) is -1.51. The second kappa shape index (κ2) is 10.2. The van der Waals surface area contributed by atoms with Crippen LogP contribution in [0.25, 0.3) is 10.2 Å². The van der Waals surface area contributed by atoms with Gasteiger partial charge in [0.15, 0.2) is 10.9 Å². The van der Waals surface area contributed by atoms with Crippen molar-refractivity contribution in [1.29, 1.82) is 0 Å². The molecular weight excluding hydrogens is 454 g/mol. The fraction of sp³-hybridized carbons (Fsp3) is 0.261. The number of carbonyl (C=O) groups excluding carboxylic acids is 1. The average molecular weight is 477 g/mol. The number of aromatic nitrogens is 3. The summed E-state index contributed by atoms with van der Waals surface area (Å²) in [5.41, 5.74) is 3.20. The Morgan fingerprint density at radius 2 is 2.00 bits per heavy atom. The molecule has 9 heteroatoms. The van der Waals surface area contributed by atoms with Crippen LogP contribution in [0.15, 0.2) is 49.1 Å². The first-order valence-electron chi connectivity index (χ1n) is 9.98. The van der Waals surface area contributed by atoms with Gasteiger partial charge in [0.2, 0.25) is 5.91 Å². The number of imidazole rings is 1. The summed E-state index contributed by atoms with van der Waals surface area (Å²) >= 11 is 1.12. The van der Waals surface area contributed by atoms with Gasteiger partial charge in [0.1, 0.15) is 11.3 Å². The molecule has 0 saturated carbocycles. The summed E-state index contributed by atoms with van der Waals surface area (Å²) < 4.78 is 30.1. The molecule has 0 unspecified atom stereocenters. The minimum Gasteiger partial charge on any atom is -0.337 e. The molecule has 0 aliphatic rings. The van der Waals surface area contributed by atoms with Crippen molar-refractivity contribution in [3.63, 3.8) is 0 Å². The van der Waals surface area contributed by atoms with Crippen molar-refractivity contribution in [2.75, 3.05) is 11.4 Å². The molecule has 0 radical (unpaired) electrons. The number of hydrogen-bond donors (Lipinski definition) is 0. The predicted molar refractivity (Wildman–Crippen MR) is 126 cm³/mol. The zero-order chi connectivity index (χ0) is 22.0. The SMILES string of the molecule is Cc1ccc(CC(=O)N(CCCn2ccnc2)c2nc3c(F)cc(F)cc3s2)c(C)c1.Cl. The number of anilines is 1. The fourth-order valence-corrected chi connectivity index (χ4v) is 4.57. The summed E-state index contributed by atoms with van der Waals surface area (Å²) in [7, 11) is 0. The molecule has 0 aliphatic carbocycles. The van der Waals surface area contributed by atoms with E-state index in [1.165, 1.54) is 6.07 Å². The molecular formula is C23H23ClF2N4OS. The number of nitrogens with zero attached hydrogens (tertiary/aromatic N) is 4.